The number of amides is 1. The Bertz CT molecular complexity index is 1230. The predicted molar refractivity (Wildman–Crippen MR) is 92.8 cm³/mol. The Morgan fingerprint density at radius 3 is 2.73 bits per heavy atom. The maximum atomic E-state index is 12.9. The lowest BCUT2D eigenvalue weighted by atomic mass is 10.3. The molecule has 0 unspecified atom stereocenters. The molecule has 0 saturated carbocycles. The Kier molecular flexibility index (Phi) is 3.62. The Hall–Kier alpha value is -3.40. The maximum absolute atomic E-state index is 12.9. The molecule has 3 aromatic heterocycles. The van der Waals surface area contributed by atoms with Crippen molar-refractivity contribution < 1.29 is 17.9 Å². The minimum atomic E-state index is -3.78. The van der Waals surface area contributed by atoms with Crippen LogP contribution in [0.5, 0.6) is 0 Å². The third-order valence-electron chi connectivity index (χ3n) is 3.83. The van der Waals surface area contributed by atoms with E-state index >= 15 is 0 Å². The van der Waals surface area contributed by atoms with E-state index < -0.39 is 16.1 Å². The second-order valence-corrected chi connectivity index (χ2v) is 7.29. The van der Waals surface area contributed by atoms with Crippen molar-refractivity contribution in [2.75, 3.05) is 0 Å². The Morgan fingerprint density at radius 1 is 1.23 bits per heavy atom. The topological polar surface area (TPSA) is 133 Å². The van der Waals surface area contributed by atoms with Crippen molar-refractivity contribution in [2.45, 2.75) is 11.5 Å². The van der Waals surface area contributed by atoms with Gasteiger partial charge in [0.25, 0.3) is 10.0 Å². The molecule has 0 atom stereocenters. The van der Waals surface area contributed by atoms with Gasteiger partial charge in [-0.2, -0.15) is 0 Å². The molecule has 0 saturated heterocycles. The number of pyridine rings is 1. The number of nitrogens with one attached hydrogen (secondary N) is 1. The zero-order chi connectivity index (χ0) is 18.3. The Balaban J connectivity index is 1.84. The summed E-state index contributed by atoms with van der Waals surface area (Å²) >= 11 is 0. The molecule has 132 valence electrons. The van der Waals surface area contributed by atoms with Crippen LogP contribution in [0.3, 0.4) is 0 Å². The molecule has 3 heterocycles. The highest BCUT2D eigenvalue weighted by molar-refractivity contribution is 7.90. The Morgan fingerprint density at radius 2 is 2.00 bits per heavy atom. The summed E-state index contributed by atoms with van der Waals surface area (Å²) in [5.74, 6) is 0.381. The average molecular weight is 371 g/mol. The van der Waals surface area contributed by atoms with Crippen LogP contribution in [0.1, 0.15) is 5.82 Å². The summed E-state index contributed by atoms with van der Waals surface area (Å²) in [5.41, 5.74) is 6.33. The first-order chi connectivity index (χ1) is 12.5. The molecule has 0 aliphatic heterocycles. The quantitative estimate of drug-likeness (QED) is 0.561. The number of primary amides is 1. The van der Waals surface area contributed by atoms with Crippen LogP contribution in [-0.2, 0) is 21.4 Å². The first-order valence-corrected chi connectivity index (χ1v) is 8.98. The summed E-state index contributed by atoms with van der Waals surface area (Å²) in [4.78, 5) is 22.4. The number of rotatable bonds is 4. The number of carbonyl (C=O) groups is 1. The van der Waals surface area contributed by atoms with Gasteiger partial charge in [-0.15, -0.1) is 0 Å². The zero-order valence-corrected chi connectivity index (χ0v) is 14.1. The van der Waals surface area contributed by atoms with E-state index in [0.29, 0.717) is 22.2 Å². The monoisotopic (exact) mass is 371 g/mol. The highest BCUT2D eigenvalue weighted by Crippen LogP contribution is 2.26. The fourth-order valence-corrected chi connectivity index (χ4v) is 4.01. The summed E-state index contributed by atoms with van der Waals surface area (Å²) in [6.07, 6.45) is 2.01. The van der Waals surface area contributed by atoms with Crippen LogP contribution in [0, 0.1) is 0 Å². The normalized spacial score (nSPS) is 11.8. The van der Waals surface area contributed by atoms with Gasteiger partial charge in [-0.05, 0) is 18.2 Å². The second-order valence-electron chi connectivity index (χ2n) is 5.48. The third-order valence-corrected chi connectivity index (χ3v) is 5.51. The molecule has 10 heteroatoms. The van der Waals surface area contributed by atoms with Crippen LogP contribution in [0.15, 0.2) is 53.7 Å². The van der Waals surface area contributed by atoms with Gasteiger partial charge >= 0.3 is 6.09 Å². The van der Waals surface area contributed by atoms with Crippen molar-refractivity contribution in [3.63, 3.8) is 0 Å². The van der Waals surface area contributed by atoms with Crippen LogP contribution in [-0.4, -0.2) is 33.4 Å². The molecule has 0 bridgehead atoms. The smallest absolute Gasteiger partial charge is 0.404 e. The number of fused-ring (bicyclic) bond motifs is 3. The number of hydrogen-bond acceptors (Lipinski definition) is 6. The molecular weight excluding hydrogens is 358 g/mol. The number of aromatic amines is 1. The predicted octanol–water partition coefficient (Wildman–Crippen LogP) is 1.74. The molecule has 3 N–H and O–H groups in total. The summed E-state index contributed by atoms with van der Waals surface area (Å²) < 4.78 is 31.5. The molecule has 1 amide bonds. The SMILES string of the molecule is NC(=O)OCc1nc2c(cnc3c2ccn3S(=O)(=O)c2ccccc2)[nH]1. The molecule has 9 nitrogen and oxygen atoms in total. The number of nitrogens with zero attached hydrogens (tertiary/aromatic N) is 3. The Labute approximate surface area is 147 Å². The number of nitrogens with two attached hydrogens (primary N) is 1. The summed E-state index contributed by atoms with van der Waals surface area (Å²) in [5, 5.41) is 0.559. The van der Waals surface area contributed by atoms with Gasteiger partial charge in [-0.1, -0.05) is 18.2 Å². The molecule has 1 aromatic carbocycles. The van der Waals surface area contributed by atoms with Crippen molar-refractivity contribution in [2.24, 2.45) is 5.73 Å². The van der Waals surface area contributed by atoms with E-state index in [1.165, 1.54) is 24.5 Å². The van der Waals surface area contributed by atoms with Gasteiger partial charge < -0.3 is 15.5 Å². The van der Waals surface area contributed by atoms with Gasteiger partial charge in [-0.3, -0.25) is 0 Å². The van der Waals surface area contributed by atoms with E-state index in [2.05, 4.69) is 15.0 Å². The van der Waals surface area contributed by atoms with Gasteiger partial charge in [0.2, 0.25) is 0 Å². The first-order valence-electron chi connectivity index (χ1n) is 7.54. The van der Waals surface area contributed by atoms with Gasteiger partial charge in [0.15, 0.2) is 12.3 Å². The highest BCUT2D eigenvalue weighted by Gasteiger charge is 2.21. The summed E-state index contributed by atoms with van der Waals surface area (Å²) in [7, 11) is -3.78. The van der Waals surface area contributed by atoms with E-state index in [1.54, 1.807) is 24.3 Å². The molecule has 4 rings (SSSR count). The molecular formula is C16H13N5O4S. The molecule has 0 aliphatic carbocycles. The van der Waals surface area contributed by atoms with E-state index in [4.69, 9.17) is 10.5 Å². The largest absolute Gasteiger partial charge is 0.442 e. The van der Waals surface area contributed by atoms with Gasteiger partial charge in [-0.25, -0.2) is 27.2 Å². The van der Waals surface area contributed by atoms with E-state index in [0.717, 1.165) is 3.97 Å². The number of carbonyl (C=O) groups excluding carboxylic acids is 1. The van der Waals surface area contributed by atoms with Gasteiger partial charge in [0.1, 0.15) is 11.3 Å². The molecule has 0 spiro atoms. The molecule has 4 aromatic rings. The third kappa shape index (κ3) is 2.56. The lowest BCUT2D eigenvalue weighted by Gasteiger charge is -2.06. The fraction of sp³-hybridized carbons (Fsp3) is 0.0625. The molecule has 0 radical (unpaired) electrons. The minimum Gasteiger partial charge on any atom is -0.442 e. The number of aromatic nitrogens is 4. The molecule has 26 heavy (non-hydrogen) atoms. The van der Waals surface area contributed by atoms with E-state index in [9.17, 15) is 13.2 Å². The number of ether oxygens (including phenoxy) is 1. The van der Waals surface area contributed by atoms with Crippen molar-refractivity contribution >= 4 is 38.2 Å². The number of H-pyrrole nitrogens is 1. The lowest BCUT2D eigenvalue weighted by Crippen LogP contribution is -2.13. The standard InChI is InChI=1S/C16H13N5O4S/c17-16(22)25-9-13-19-12-8-18-15-11(14(12)20-13)6-7-21(15)26(23,24)10-4-2-1-3-5-10/h1-8H,9H2,(H2,17,22)(H,19,20). The van der Waals surface area contributed by atoms with Gasteiger partial charge in [0.05, 0.1) is 16.6 Å². The van der Waals surface area contributed by atoms with Crippen LogP contribution in [0.2, 0.25) is 0 Å². The second kappa shape index (κ2) is 5.85. The van der Waals surface area contributed by atoms with Crippen LogP contribution < -0.4 is 5.73 Å². The zero-order valence-electron chi connectivity index (χ0n) is 13.3. The minimum absolute atomic E-state index is 0.117. The van der Waals surface area contributed by atoms with Crippen molar-refractivity contribution in [3.8, 4) is 0 Å². The number of benzene rings is 1. The summed E-state index contributed by atoms with van der Waals surface area (Å²) in [6.45, 7) is -0.117. The summed E-state index contributed by atoms with van der Waals surface area (Å²) in [6, 6.07) is 9.73. The number of hydrogen-bond donors (Lipinski definition) is 2. The molecule has 0 aliphatic rings. The average Bonchev–Trinajstić information content (AvgIpc) is 3.24. The molecule has 0 fully saturated rings. The van der Waals surface area contributed by atoms with E-state index in [1.807, 2.05) is 0 Å². The van der Waals surface area contributed by atoms with Crippen molar-refractivity contribution in [3.05, 3.63) is 54.6 Å². The first kappa shape index (κ1) is 16.1. The lowest BCUT2D eigenvalue weighted by molar-refractivity contribution is 0.147. The van der Waals surface area contributed by atoms with Crippen LogP contribution in [0.25, 0.3) is 22.1 Å². The maximum Gasteiger partial charge on any atom is 0.404 e. The highest BCUT2D eigenvalue weighted by atomic mass is 32.2. The van der Waals surface area contributed by atoms with Crippen LogP contribution >= 0.6 is 0 Å². The fourth-order valence-electron chi connectivity index (χ4n) is 2.69. The van der Waals surface area contributed by atoms with Crippen LogP contribution in [0.4, 0.5) is 4.79 Å². The number of imidazole rings is 1. The van der Waals surface area contributed by atoms with Crippen molar-refractivity contribution in [1.82, 2.24) is 18.9 Å². The van der Waals surface area contributed by atoms with E-state index in [-0.39, 0.29) is 17.1 Å². The van der Waals surface area contributed by atoms with Gasteiger partial charge in [0, 0.05) is 11.6 Å². The van der Waals surface area contributed by atoms with Crippen molar-refractivity contribution in [1.29, 1.82) is 0 Å².